The highest BCUT2D eigenvalue weighted by molar-refractivity contribution is 7.53. The van der Waals surface area contributed by atoms with Crippen LogP contribution in [0.4, 0.5) is 0 Å². The predicted molar refractivity (Wildman–Crippen MR) is 35.7 cm³/mol. The molecule has 10 heavy (non-hydrogen) atoms. The predicted octanol–water partition coefficient (Wildman–Crippen LogP) is 0.176. The summed E-state index contributed by atoms with van der Waals surface area (Å²) in [5.41, 5.74) is 0. The number of carbonyl (C=O) groups is 1. The number of amides is 1. The summed E-state index contributed by atoms with van der Waals surface area (Å²) < 4.78 is 20.0. The molecule has 0 aliphatic heterocycles. The van der Waals surface area contributed by atoms with E-state index < -0.39 is 7.60 Å². The molecule has 6 heteroatoms. The van der Waals surface area contributed by atoms with Crippen LogP contribution in [0.25, 0.3) is 0 Å². The Kier molecular flexibility index (Phi) is 4.27. The zero-order valence-electron chi connectivity index (χ0n) is 5.86. The van der Waals surface area contributed by atoms with Crippen molar-refractivity contribution in [1.82, 2.24) is 5.32 Å². The van der Waals surface area contributed by atoms with Crippen LogP contribution in [0.5, 0.6) is 0 Å². The van der Waals surface area contributed by atoms with Crippen LogP contribution in [-0.4, -0.2) is 26.9 Å². The summed E-state index contributed by atoms with van der Waals surface area (Å²) in [7, 11) is -0.519. The normalized spacial score (nSPS) is 11.0. The van der Waals surface area contributed by atoms with Crippen molar-refractivity contribution >= 4 is 14.0 Å². The quantitative estimate of drug-likeness (QED) is 0.468. The van der Waals surface area contributed by atoms with Gasteiger partial charge in [-0.1, -0.05) is 0 Å². The number of hydrogen-bond donors (Lipinski definition) is 1. The van der Waals surface area contributed by atoms with E-state index >= 15 is 0 Å². The topological polar surface area (TPSA) is 64.6 Å². The lowest BCUT2D eigenvalue weighted by Crippen LogP contribution is -2.13. The summed E-state index contributed by atoms with van der Waals surface area (Å²) in [5, 5.41) is 2.20. The lowest BCUT2D eigenvalue weighted by molar-refractivity contribution is -0.109. The molecular formula is C4H10NO4P. The van der Waals surface area contributed by atoms with E-state index in [2.05, 4.69) is 14.4 Å². The lowest BCUT2D eigenvalue weighted by Gasteiger charge is -2.11. The average Bonchev–Trinajstić information content (AvgIpc) is 2.00. The first kappa shape index (κ1) is 9.62. The fourth-order valence-electron chi connectivity index (χ4n) is 0.353. The van der Waals surface area contributed by atoms with Crippen molar-refractivity contribution in [3.05, 3.63) is 0 Å². The van der Waals surface area contributed by atoms with Crippen LogP contribution in [0, 0.1) is 0 Å². The van der Waals surface area contributed by atoms with Crippen molar-refractivity contribution in [1.29, 1.82) is 0 Å². The van der Waals surface area contributed by atoms with Crippen molar-refractivity contribution in [2.45, 2.75) is 0 Å². The highest BCUT2D eigenvalue weighted by Gasteiger charge is 2.19. The van der Waals surface area contributed by atoms with E-state index in [1.807, 2.05) is 0 Å². The third-order valence-electron chi connectivity index (χ3n) is 0.925. The molecule has 0 rings (SSSR count). The lowest BCUT2D eigenvalue weighted by atomic mass is 11.2. The van der Waals surface area contributed by atoms with E-state index in [-0.39, 0.29) is 6.29 Å². The highest BCUT2D eigenvalue weighted by atomic mass is 31.2. The summed E-state index contributed by atoms with van der Waals surface area (Å²) in [6, 6.07) is 0. The Morgan fingerprint density at radius 2 is 2.00 bits per heavy atom. The third kappa shape index (κ3) is 2.96. The van der Waals surface area contributed by atoms with Crippen molar-refractivity contribution in [2.75, 3.05) is 20.5 Å². The molecule has 0 spiro atoms. The molecule has 1 N–H and O–H groups in total. The standard InChI is InChI=1S/C4H10NO4P/c1-8-10(7,9-2)4-5-3-6/h3H,4H2,1-2H3,(H,5,6). The van der Waals surface area contributed by atoms with Crippen LogP contribution in [0.15, 0.2) is 0 Å². The second-order valence-corrected chi connectivity index (χ2v) is 3.72. The first-order valence-electron chi connectivity index (χ1n) is 2.56. The molecule has 0 bridgehead atoms. The molecule has 0 aromatic heterocycles. The van der Waals surface area contributed by atoms with E-state index in [4.69, 9.17) is 0 Å². The molecule has 0 aromatic carbocycles. The van der Waals surface area contributed by atoms with Gasteiger partial charge in [0.25, 0.3) is 0 Å². The van der Waals surface area contributed by atoms with E-state index in [1.54, 1.807) is 0 Å². The first-order chi connectivity index (χ1) is 4.68. The largest absolute Gasteiger partial charge is 0.349 e. The third-order valence-corrected chi connectivity index (χ3v) is 2.61. The van der Waals surface area contributed by atoms with Crippen LogP contribution in [0.1, 0.15) is 0 Å². The van der Waals surface area contributed by atoms with Gasteiger partial charge < -0.3 is 14.4 Å². The Hall–Kier alpha value is -0.380. The average molecular weight is 167 g/mol. The zero-order chi connectivity index (χ0) is 8.04. The summed E-state index contributed by atoms with van der Waals surface area (Å²) in [6.45, 7) is 0. The summed E-state index contributed by atoms with van der Waals surface area (Å²) in [4.78, 5) is 9.74. The van der Waals surface area contributed by atoms with Gasteiger partial charge in [0.2, 0.25) is 6.41 Å². The molecule has 5 nitrogen and oxygen atoms in total. The molecular weight excluding hydrogens is 157 g/mol. The molecule has 0 fully saturated rings. The van der Waals surface area contributed by atoms with Crippen LogP contribution in [0.2, 0.25) is 0 Å². The summed E-state index contributed by atoms with van der Waals surface area (Å²) >= 11 is 0. The maximum absolute atomic E-state index is 11.0. The first-order valence-corrected chi connectivity index (χ1v) is 4.29. The Morgan fingerprint density at radius 1 is 1.50 bits per heavy atom. The fraction of sp³-hybridized carbons (Fsp3) is 0.750. The molecule has 0 saturated carbocycles. The minimum Gasteiger partial charge on any atom is -0.347 e. The number of hydrogen-bond acceptors (Lipinski definition) is 4. The minimum atomic E-state index is -3.04. The van der Waals surface area contributed by atoms with Gasteiger partial charge in [-0.3, -0.25) is 9.36 Å². The van der Waals surface area contributed by atoms with Crippen LogP contribution in [0.3, 0.4) is 0 Å². The Bertz CT molecular complexity index is 140. The van der Waals surface area contributed by atoms with Gasteiger partial charge in [0.15, 0.2) is 0 Å². The van der Waals surface area contributed by atoms with E-state index in [1.165, 1.54) is 14.2 Å². The summed E-state index contributed by atoms with van der Waals surface area (Å²) in [5.74, 6) is 0. The van der Waals surface area contributed by atoms with E-state index in [0.29, 0.717) is 6.41 Å². The maximum atomic E-state index is 11.0. The fourth-order valence-corrected chi connectivity index (χ4v) is 1.06. The second kappa shape index (κ2) is 4.44. The number of nitrogens with one attached hydrogen (secondary N) is 1. The van der Waals surface area contributed by atoms with Crippen LogP contribution < -0.4 is 5.32 Å². The molecule has 0 heterocycles. The summed E-state index contributed by atoms with van der Waals surface area (Å²) in [6.07, 6.45) is 0.341. The van der Waals surface area contributed by atoms with Gasteiger partial charge in [-0.25, -0.2) is 0 Å². The molecule has 0 aromatic rings. The molecule has 1 amide bonds. The van der Waals surface area contributed by atoms with Gasteiger partial charge >= 0.3 is 7.60 Å². The second-order valence-electron chi connectivity index (χ2n) is 1.46. The minimum absolute atomic E-state index is 0.0938. The smallest absolute Gasteiger partial charge is 0.347 e. The van der Waals surface area contributed by atoms with Gasteiger partial charge in [0.1, 0.15) is 6.29 Å². The number of carbonyl (C=O) groups excluding carboxylic acids is 1. The Balaban J connectivity index is 3.81. The highest BCUT2D eigenvalue weighted by Crippen LogP contribution is 2.44. The molecule has 0 atom stereocenters. The Morgan fingerprint density at radius 3 is 2.30 bits per heavy atom. The Labute approximate surface area is 59.2 Å². The molecule has 0 saturated heterocycles. The SMILES string of the molecule is COP(=O)(CNC=O)OC. The van der Waals surface area contributed by atoms with Crippen molar-refractivity contribution in [3.8, 4) is 0 Å². The molecule has 0 unspecified atom stereocenters. The molecule has 0 aliphatic rings. The van der Waals surface area contributed by atoms with Gasteiger partial charge in [-0.05, 0) is 0 Å². The van der Waals surface area contributed by atoms with Crippen LogP contribution >= 0.6 is 7.60 Å². The van der Waals surface area contributed by atoms with Crippen molar-refractivity contribution in [3.63, 3.8) is 0 Å². The molecule has 60 valence electrons. The van der Waals surface area contributed by atoms with Gasteiger partial charge in [0.05, 0.1) is 0 Å². The monoisotopic (exact) mass is 167 g/mol. The van der Waals surface area contributed by atoms with E-state index in [0.717, 1.165) is 0 Å². The van der Waals surface area contributed by atoms with Gasteiger partial charge in [-0.2, -0.15) is 0 Å². The maximum Gasteiger partial charge on any atom is 0.349 e. The van der Waals surface area contributed by atoms with Crippen molar-refractivity contribution < 1.29 is 18.4 Å². The van der Waals surface area contributed by atoms with Crippen molar-refractivity contribution in [2.24, 2.45) is 0 Å². The zero-order valence-corrected chi connectivity index (χ0v) is 6.76. The molecule has 0 aliphatic carbocycles. The van der Waals surface area contributed by atoms with E-state index in [9.17, 15) is 9.36 Å². The number of rotatable bonds is 5. The van der Waals surface area contributed by atoms with Crippen LogP contribution in [-0.2, 0) is 18.4 Å². The molecule has 0 radical (unpaired) electrons. The van der Waals surface area contributed by atoms with Gasteiger partial charge in [0, 0.05) is 14.2 Å². The van der Waals surface area contributed by atoms with Gasteiger partial charge in [-0.15, -0.1) is 0 Å².